The summed E-state index contributed by atoms with van der Waals surface area (Å²) >= 11 is 6.48. The number of hydrogen-bond donors (Lipinski definition) is 1. The van der Waals surface area contributed by atoms with Crippen molar-refractivity contribution in [2.24, 2.45) is 5.92 Å². The van der Waals surface area contributed by atoms with Crippen LogP contribution in [-0.4, -0.2) is 42.3 Å². The van der Waals surface area contributed by atoms with Gasteiger partial charge in [-0.3, -0.25) is 19.4 Å². The molecule has 2 aromatic rings. The van der Waals surface area contributed by atoms with Crippen LogP contribution < -0.4 is 19.5 Å². The van der Waals surface area contributed by atoms with Crippen LogP contribution in [0, 0.1) is 5.92 Å². The van der Waals surface area contributed by atoms with E-state index in [4.69, 9.17) is 25.8 Å². The van der Waals surface area contributed by atoms with Crippen molar-refractivity contribution in [3.8, 4) is 17.2 Å². The number of halogens is 1. The van der Waals surface area contributed by atoms with E-state index in [1.807, 2.05) is 6.07 Å². The van der Waals surface area contributed by atoms with Crippen LogP contribution in [0.25, 0.3) is 0 Å². The molecule has 1 N–H and O–H groups in total. The van der Waals surface area contributed by atoms with E-state index in [-0.39, 0.29) is 46.6 Å². The third-order valence-corrected chi connectivity index (χ3v) is 7.00. The molecule has 170 valence electrons. The van der Waals surface area contributed by atoms with Gasteiger partial charge in [0.15, 0.2) is 5.75 Å². The first-order valence-corrected chi connectivity index (χ1v) is 10.9. The van der Waals surface area contributed by atoms with Gasteiger partial charge in [0.2, 0.25) is 23.1 Å². The van der Waals surface area contributed by atoms with E-state index in [2.05, 4.69) is 10.3 Å². The summed E-state index contributed by atoms with van der Waals surface area (Å²) in [6.45, 7) is 1.75. The summed E-state index contributed by atoms with van der Waals surface area (Å²) < 4.78 is 16.9. The van der Waals surface area contributed by atoms with Gasteiger partial charge in [-0.25, -0.2) is 0 Å². The number of fused-ring (bicyclic) bond motifs is 1. The molecule has 0 saturated heterocycles. The van der Waals surface area contributed by atoms with Crippen LogP contribution in [0.1, 0.15) is 41.6 Å². The van der Waals surface area contributed by atoms with Gasteiger partial charge in [-0.2, -0.15) is 0 Å². The SMILES string of the molecule is COc1cc(OC)c2c(c1Cl)OC1(C(=O)C3=C(CC1C)NC(=O)CC3c1cccnc1)C2=O. The molecule has 0 saturated carbocycles. The first-order valence-electron chi connectivity index (χ1n) is 10.5. The minimum absolute atomic E-state index is 0.0692. The number of allylic oxidation sites excluding steroid dienone is 1. The molecular weight excluding hydrogens is 448 g/mol. The number of rotatable bonds is 3. The molecule has 3 heterocycles. The Hall–Kier alpha value is -3.39. The Morgan fingerprint density at radius 2 is 1.91 bits per heavy atom. The number of Topliss-reactive ketones (excluding diaryl/α,β-unsaturated/α-hetero) is 2. The Balaban J connectivity index is 1.68. The van der Waals surface area contributed by atoms with Gasteiger partial charge in [0, 0.05) is 48.0 Å². The summed E-state index contributed by atoms with van der Waals surface area (Å²) in [7, 11) is 2.86. The van der Waals surface area contributed by atoms with E-state index in [0.717, 1.165) is 5.56 Å². The van der Waals surface area contributed by atoms with E-state index < -0.39 is 29.0 Å². The molecule has 1 aromatic heterocycles. The first kappa shape index (κ1) is 21.5. The highest BCUT2D eigenvalue weighted by Crippen LogP contribution is 2.55. The van der Waals surface area contributed by atoms with Gasteiger partial charge < -0.3 is 19.5 Å². The lowest BCUT2D eigenvalue weighted by molar-refractivity contribution is -0.131. The zero-order valence-electron chi connectivity index (χ0n) is 18.2. The number of carbonyl (C=O) groups excluding carboxylic acids is 3. The predicted octanol–water partition coefficient (Wildman–Crippen LogP) is 3.23. The van der Waals surface area contributed by atoms with Crippen molar-refractivity contribution in [3.63, 3.8) is 0 Å². The third-order valence-electron chi connectivity index (χ3n) is 6.65. The van der Waals surface area contributed by atoms with Crippen molar-refractivity contribution in [1.29, 1.82) is 0 Å². The first-order chi connectivity index (χ1) is 15.8. The maximum atomic E-state index is 14.1. The van der Waals surface area contributed by atoms with Crippen molar-refractivity contribution in [3.05, 3.63) is 58.0 Å². The van der Waals surface area contributed by atoms with Crippen molar-refractivity contribution in [1.82, 2.24) is 10.3 Å². The summed E-state index contributed by atoms with van der Waals surface area (Å²) in [4.78, 5) is 44.6. The van der Waals surface area contributed by atoms with Crippen LogP contribution in [0.5, 0.6) is 17.2 Å². The van der Waals surface area contributed by atoms with Gasteiger partial charge in [0.05, 0.1) is 14.2 Å². The quantitative estimate of drug-likeness (QED) is 0.689. The number of hydrogen-bond acceptors (Lipinski definition) is 7. The summed E-state index contributed by atoms with van der Waals surface area (Å²) in [5, 5.41) is 2.93. The summed E-state index contributed by atoms with van der Waals surface area (Å²) in [6.07, 6.45) is 3.60. The number of amides is 1. The van der Waals surface area contributed by atoms with Crippen LogP contribution in [0.3, 0.4) is 0 Å². The van der Waals surface area contributed by atoms with Crippen molar-refractivity contribution < 1.29 is 28.6 Å². The summed E-state index contributed by atoms with van der Waals surface area (Å²) in [6, 6.07) is 5.07. The number of ketones is 2. The minimum atomic E-state index is -1.81. The minimum Gasteiger partial charge on any atom is -0.496 e. The van der Waals surface area contributed by atoms with Crippen LogP contribution in [0.4, 0.5) is 0 Å². The van der Waals surface area contributed by atoms with Crippen LogP contribution in [0.2, 0.25) is 5.02 Å². The molecule has 8 nitrogen and oxygen atoms in total. The van der Waals surface area contributed by atoms with E-state index in [9.17, 15) is 14.4 Å². The number of carbonyl (C=O) groups is 3. The molecule has 1 aliphatic carbocycles. The maximum Gasteiger partial charge on any atom is 0.236 e. The molecule has 3 aliphatic rings. The molecule has 1 spiro atoms. The largest absolute Gasteiger partial charge is 0.496 e. The number of methoxy groups -OCH3 is 2. The normalized spacial score (nSPS) is 26.0. The molecule has 1 aromatic carbocycles. The van der Waals surface area contributed by atoms with Crippen molar-refractivity contribution in [2.75, 3.05) is 14.2 Å². The molecule has 5 rings (SSSR count). The molecule has 3 unspecified atom stereocenters. The molecule has 0 bridgehead atoms. The lowest BCUT2D eigenvalue weighted by atomic mass is 9.66. The Morgan fingerprint density at radius 1 is 1.15 bits per heavy atom. The summed E-state index contributed by atoms with van der Waals surface area (Å²) in [5.41, 5.74) is -0.0916. The topological polar surface area (TPSA) is 104 Å². The monoisotopic (exact) mass is 468 g/mol. The number of benzene rings is 1. The van der Waals surface area contributed by atoms with Gasteiger partial charge in [0.1, 0.15) is 22.1 Å². The Labute approximate surface area is 194 Å². The van der Waals surface area contributed by atoms with E-state index in [1.54, 1.807) is 25.4 Å². The Morgan fingerprint density at radius 3 is 2.58 bits per heavy atom. The molecule has 33 heavy (non-hydrogen) atoms. The third kappa shape index (κ3) is 2.90. The second kappa shape index (κ2) is 7.59. The van der Waals surface area contributed by atoms with Gasteiger partial charge in [-0.15, -0.1) is 0 Å². The molecule has 2 aliphatic heterocycles. The number of pyridine rings is 1. The summed E-state index contributed by atoms with van der Waals surface area (Å²) in [5.74, 6) is -1.72. The average Bonchev–Trinajstić information content (AvgIpc) is 3.13. The number of nitrogens with zero attached hydrogens (tertiary/aromatic N) is 1. The van der Waals surface area contributed by atoms with Crippen LogP contribution in [0.15, 0.2) is 41.9 Å². The second-order valence-electron chi connectivity index (χ2n) is 8.38. The molecule has 0 fully saturated rings. The zero-order chi connectivity index (χ0) is 23.5. The molecule has 0 radical (unpaired) electrons. The fraction of sp³-hybridized carbons (Fsp3) is 0.333. The van der Waals surface area contributed by atoms with Gasteiger partial charge >= 0.3 is 0 Å². The molecular formula is C24H21ClN2O6. The molecule has 9 heteroatoms. The lowest BCUT2D eigenvalue weighted by Gasteiger charge is -2.41. The van der Waals surface area contributed by atoms with Gasteiger partial charge in [0.25, 0.3) is 0 Å². The number of nitrogens with one attached hydrogen (secondary N) is 1. The van der Waals surface area contributed by atoms with Crippen molar-refractivity contribution >= 4 is 29.1 Å². The highest BCUT2D eigenvalue weighted by molar-refractivity contribution is 6.36. The lowest BCUT2D eigenvalue weighted by Crippen LogP contribution is -2.59. The Bertz CT molecular complexity index is 1240. The Kier molecular flexibility index (Phi) is 4.93. The van der Waals surface area contributed by atoms with Gasteiger partial charge in [-0.1, -0.05) is 24.6 Å². The highest BCUT2D eigenvalue weighted by Gasteiger charge is 2.63. The predicted molar refractivity (Wildman–Crippen MR) is 118 cm³/mol. The smallest absolute Gasteiger partial charge is 0.236 e. The second-order valence-corrected chi connectivity index (χ2v) is 8.76. The van der Waals surface area contributed by atoms with E-state index in [0.29, 0.717) is 11.3 Å². The van der Waals surface area contributed by atoms with Crippen LogP contribution >= 0.6 is 11.6 Å². The number of ether oxygens (including phenoxy) is 3. The number of aromatic nitrogens is 1. The fourth-order valence-electron chi connectivity index (χ4n) is 5.06. The molecule has 1 amide bonds. The standard InChI is InChI=1S/C24H21ClN2O6/c1-11-7-14-18(13(8-17(28)27-14)12-5-4-6-26-10-12)22(29)24(11)23(30)19-15(31-2)9-16(32-3)20(25)21(19)33-24/h4-6,9-11,13H,7-8H2,1-3H3,(H,27,28). The molecule has 3 atom stereocenters. The zero-order valence-corrected chi connectivity index (χ0v) is 19.0. The van der Waals surface area contributed by atoms with E-state index in [1.165, 1.54) is 20.3 Å². The average molecular weight is 469 g/mol. The fourth-order valence-corrected chi connectivity index (χ4v) is 5.32. The maximum absolute atomic E-state index is 14.1. The van der Waals surface area contributed by atoms with Crippen molar-refractivity contribution in [2.45, 2.75) is 31.3 Å². The van der Waals surface area contributed by atoms with Crippen LogP contribution in [-0.2, 0) is 9.59 Å². The van der Waals surface area contributed by atoms with E-state index >= 15 is 0 Å². The van der Waals surface area contributed by atoms with Gasteiger partial charge in [-0.05, 0) is 18.1 Å². The highest BCUT2D eigenvalue weighted by atomic mass is 35.5.